The van der Waals surface area contributed by atoms with Gasteiger partial charge in [0.25, 0.3) is 5.91 Å². The van der Waals surface area contributed by atoms with Crippen molar-refractivity contribution in [3.05, 3.63) is 81.2 Å². The number of pyridine rings is 1. The number of hydrogen-bond donors (Lipinski definition) is 1. The number of nitrogens with zero attached hydrogens (tertiary/aromatic N) is 3. The van der Waals surface area contributed by atoms with Crippen molar-refractivity contribution in [3.63, 3.8) is 0 Å². The van der Waals surface area contributed by atoms with E-state index in [0.29, 0.717) is 22.2 Å². The number of halogens is 5. The fraction of sp³-hybridized carbons (Fsp3) is 0.231. The van der Waals surface area contributed by atoms with Crippen LogP contribution in [-0.4, -0.2) is 39.8 Å². The second-order valence-electron chi connectivity index (χ2n) is 8.45. The molecule has 1 atom stereocenters. The van der Waals surface area contributed by atoms with Gasteiger partial charge < -0.3 is 10.1 Å². The maximum absolute atomic E-state index is 13.8. The number of benzene rings is 2. The minimum Gasteiger partial charge on any atom is -0.467 e. The quantitative estimate of drug-likeness (QED) is 0.300. The lowest BCUT2D eigenvalue weighted by Crippen LogP contribution is -2.43. The number of aromatic nitrogens is 3. The molecule has 0 saturated heterocycles. The minimum absolute atomic E-state index is 0.00481. The van der Waals surface area contributed by atoms with Crippen molar-refractivity contribution >= 4 is 46.0 Å². The normalized spacial score (nSPS) is 12.4. The van der Waals surface area contributed by atoms with E-state index in [-0.39, 0.29) is 33.2 Å². The Hall–Kier alpha value is -3.63. The van der Waals surface area contributed by atoms with E-state index in [1.54, 1.807) is 31.2 Å². The van der Waals surface area contributed by atoms with Gasteiger partial charge in [0.2, 0.25) is 0 Å². The van der Waals surface area contributed by atoms with Crippen LogP contribution in [0.15, 0.2) is 48.7 Å². The Morgan fingerprint density at radius 3 is 2.42 bits per heavy atom. The maximum Gasteiger partial charge on any atom is 0.435 e. The number of hydrogen-bond acceptors (Lipinski definition) is 5. The van der Waals surface area contributed by atoms with E-state index in [0.717, 1.165) is 0 Å². The lowest BCUT2D eigenvalue weighted by atomic mass is 9.94. The third-order valence-electron chi connectivity index (χ3n) is 6.13. The number of carbonyl (C=O) groups excluding carboxylic acids is 2. The summed E-state index contributed by atoms with van der Waals surface area (Å²) in [4.78, 5) is 30.0. The number of alkyl halides is 3. The van der Waals surface area contributed by atoms with Crippen LogP contribution in [0.25, 0.3) is 22.0 Å². The third-order valence-corrected chi connectivity index (χ3v) is 6.76. The lowest BCUT2D eigenvalue weighted by Gasteiger charge is -2.19. The molecule has 12 heteroatoms. The SMILES string of the molecule is COC(=O)[C@H](Cc1ccc(-c2c(C(F)(F)F)nn(C)c2C)c2cccnc12)NC(=O)c1c(Cl)cccc1Cl. The Morgan fingerprint density at radius 1 is 1.11 bits per heavy atom. The number of nitrogens with one attached hydrogen (secondary N) is 1. The van der Waals surface area contributed by atoms with Gasteiger partial charge in [-0.25, -0.2) is 4.79 Å². The standard InChI is InChI=1S/C26H21Cl2F3N4O3/c1-13-20(23(26(29,30)31)34-35(13)2)15-10-9-14(22-16(15)6-5-11-32-22)12-19(25(37)38-3)33-24(36)21-17(27)7-4-8-18(21)28/h4-11,19H,12H2,1-3H3,(H,33,36)/t19-/m0/s1. The van der Waals surface area contributed by atoms with E-state index in [1.807, 2.05) is 0 Å². The monoisotopic (exact) mass is 564 g/mol. The molecule has 2 heterocycles. The molecule has 198 valence electrons. The number of aryl methyl sites for hydroxylation is 1. The van der Waals surface area contributed by atoms with Crippen LogP contribution >= 0.6 is 23.2 Å². The highest BCUT2D eigenvalue weighted by Gasteiger charge is 2.39. The molecule has 0 fully saturated rings. The van der Waals surface area contributed by atoms with Gasteiger partial charge in [-0.15, -0.1) is 0 Å². The molecule has 0 saturated carbocycles. The second kappa shape index (κ2) is 10.6. The van der Waals surface area contributed by atoms with Gasteiger partial charge in [-0.2, -0.15) is 18.3 Å². The van der Waals surface area contributed by atoms with Crippen molar-refractivity contribution in [1.82, 2.24) is 20.1 Å². The fourth-order valence-electron chi connectivity index (χ4n) is 4.24. The van der Waals surface area contributed by atoms with Crippen LogP contribution in [-0.2, 0) is 29.2 Å². The van der Waals surface area contributed by atoms with Crippen LogP contribution in [0.4, 0.5) is 13.2 Å². The first kappa shape index (κ1) is 27.4. The summed E-state index contributed by atoms with van der Waals surface area (Å²) in [5, 5.41) is 6.91. The van der Waals surface area contributed by atoms with E-state index in [9.17, 15) is 22.8 Å². The molecule has 7 nitrogen and oxygen atoms in total. The highest BCUT2D eigenvalue weighted by molar-refractivity contribution is 6.39. The Labute approximate surface area is 225 Å². The topological polar surface area (TPSA) is 86.1 Å². The Kier molecular flexibility index (Phi) is 7.66. The molecule has 0 radical (unpaired) electrons. The van der Waals surface area contributed by atoms with Gasteiger partial charge in [0.05, 0.1) is 28.2 Å². The molecular weight excluding hydrogens is 544 g/mol. The number of fused-ring (bicyclic) bond motifs is 1. The zero-order chi connectivity index (χ0) is 27.8. The average molecular weight is 565 g/mol. The predicted molar refractivity (Wildman–Crippen MR) is 137 cm³/mol. The predicted octanol–water partition coefficient (Wildman–Crippen LogP) is 5.78. The van der Waals surface area contributed by atoms with Crippen molar-refractivity contribution in [2.75, 3.05) is 7.11 Å². The molecule has 0 aliphatic heterocycles. The van der Waals surface area contributed by atoms with Crippen molar-refractivity contribution < 1.29 is 27.5 Å². The molecule has 0 bridgehead atoms. The van der Waals surface area contributed by atoms with Gasteiger partial charge in [0, 0.05) is 36.3 Å². The van der Waals surface area contributed by atoms with Gasteiger partial charge in [0.15, 0.2) is 5.69 Å². The van der Waals surface area contributed by atoms with E-state index >= 15 is 0 Å². The van der Waals surface area contributed by atoms with Crippen LogP contribution in [0.5, 0.6) is 0 Å². The zero-order valence-corrected chi connectivity index (χ0v) is 21.9. The molecule has 2 aromatic carbocycles. The van der Waals surface area contributed by atoms with E-state index in [4.69, 9.17) is 27.9 Å². The molecular formula is C26H21Cl2F3N4O3. The number of carbonyl (C=O) groups is 2. The first-order valence-electron chi connectivity index (χ1n) is 11.2. The minimum atomic E-state index is -4.67. The van der Waals surface area contributed by atoms with E-state index in [2.05, 4.69) is 15.4 Å². The molecule has 0 spiro atoms. The van der Waals surface area contributed by atoms with Crippen molar-refractivity contribution in [2.24, 2.45) is 7.05 Å². The molecule has 4 aromatic rings. The summed E-state index contributed by atoms with van der Waals surface area (Å²) in [7, 11) is 2.62. The summed E-state index contributed by atoms with van der Waals surface area (Å²) in [6.45, 7) is 1.55. The maximum atomic E-state index is 13.8. The first-order valence-corrected chi connectivity index (χ1v) is 12.0. The van der Waals surface area contributed by atoms with Crippen LogP contribution in [0.2, 0.25) is 10.0 Å². The summed E-state index contributed by atoms with van der Waals surface area (Å²) in [5.41, 5.74) is 0.404. The molecule has 2 aromatic heterocycles. The van der Waals surface area contributed by atoms with Crippen molar-refractivity contribution in [1.29, 1.82) is 0 Å². The van der Waals surface area contributed by atoms with Gasteiger partial charge in [-0.3, -0.25) is 14.5 Å². The lowest BCUT2D eigenvalue weighted by molar-refractivity contribution is -0.143. The number of rotatable bonds is 6. The largest absolute Gasteiger partial charge is 0.467 e. The first-order chi connectivity index (χ1) is 17.9. The molecule has 0 aliphatic rings. The molecule has 0 aliphatic carbocycles. The van der Waals surface area contributed by atoms with Crippen molar-refractivity contribution in [3.8, 4) is 11.1 Å². The van der Waals surface area contributed by atoms with Crippen LogP contribution in [0.1, 0.15) is 27.3 Å². The zero-order valence-electron chi connectivity index (χ0n) is 20.4. The second-order valence-corrected chi connectivity index (χ2v) is 9.27. The van der Waals surface area contributed by atoms with Gasteiger partial charge in [-0.05, 0) is 36.2 Å². The average Bonchev–Trinajstić information content (AvgIpc) is 3.17. The number of methoxy groups -OCH3 is 1. The van der Waals surface area contributed by atoms with E-state index in [1.165, 1.54) is 43.2 Å². The third kappa shape index (κ3) is 5.19. The smallest absolute Gasteiger partial charge is 0.435 e. The van der Waals surface area contributed by atoms with Gasteiger partial charge in [0.1, 0.15) is 6.04 Å². The summed E-state index contributed by atoms with van der Waals surface area (Å²) >= 11 is 12.3. The number of amides is 1. The number of esters is 1. The summed E-state index contributed by atoms with van der Waals surface area (Å²) in [5.74, 6) is -1.43. The number of ether oxygens (including phenoxy) is 1. The van der Waals surface area contributed by atoms with Crippen LogP contribution in [0.3, 0.4) is 0 Å². The molecule has 1 amide bonds. The fourth-order valence-corrected chi connectivity index (χ4v) is 4.81. The highest BCUT2D eigenvalue weighted by Crippen LogP contribution is 2.41. The van der Waals surface area contributed by atoms with Crippen LogP contribution < -0.4 is 5.32 Å². The Balaban J connectivity index is 1.78. The molecule has 1 N–H and O–H groups in total. The summed E-state index contributed by atoms with van der Waals surface area (Å²) < 4.78 is 47.5. The molecule has 0 unspecified atom stereocenters. The van der Waals surface area contributed by atoms with Crippen LogP contribution in [0, 0.1) is 6.92 Å². The van der Waals surface area contributed by atoms with Gasteiger partial charge in [-0.1, -0.05) is 47.5 Å². The van der Waals surface area contributed by atoms with Crippen molar-refractivity contribution in [2.45, 2.75) is 25.6 Å². The molecule has 38 heavy (non-hydrogen) atoms. The highest BCUT2D eigenvalue weighted by atomic mass is 35.5. The summed E-state index contributed by atoms with van der Waals surface area (Å²) in [6, 6.07) is 9.73. The summed E-state index contributed by atoms with van der Waals surface area (Å²) in [6.07, 6.45) is -3.24. The Morgan fingerprint density at radius 2 is 1.79 bits per heavy atom. The molecule has 4 rings (SSSR count). The Bertz CT molecular complexity index is 1530. The van der Waals surface area contributed by atoms with E-state index < -0.39 is 29.8 Å². The van der Waals surface area contributed by atoms with Gasteiger partial charge >= 0.3 is 12.1 Å².